The van der Waals surface area contributed by atoms with Crippen molar-refractivity contribution in [1.82, 2.24) is 9.55 Å². The smallest absolute Gasteiger partial charge is 0.420 e. The first-order chi connectivity index (χ1) is 11.2. The Morgan fingerprint density at radius 2 is 1.64 bits per heavy atom. The van der Waals surface area contributed by atoms with Gasteiger partial charge >= 0.3 is 18.0 Å². The summed E-state index contributed by atoms with van der Waals surface area (Å²) in [4.78, 5) is 39.9. The second-order valence-corrected chi connectivity index (χ2v) is 7.69. The van der Waals surface area contributed by atoms with E-state index in [1.54, 1.807) is 41.5 Å². The number of nitrogens with two attached hydrogens (primary N) is 1. The van der Waals surface area contributed by atoms with E-state index in [0.29, 0.717) is 0 Å². The van der Waals surface area contributed by atoms with Crippen LogP contribution in [0.2, 0.25) is 0 Å². The number of nitrogens with zero attached hydrogens (tertiary/aromatic N) is 2. The van der Waals surface area contributed by atoms with Crippen molar-refractivity contribution in [2.75, 3.05) is 0 Å². The SMILES string of the molecule is CC(C)(C)OC(=O)n1cncc1C[C@](N)(C(=O)O)C(=O)OC(C)(C)C. The van der Waals surface area contributed by atoms with Crippen molar-refractivity contribution < 1.29 is 29.0 Å². The predicted molar refractivity (Wildman–Crippen MR) is 88.0 cm³/mol. The molecule has 1 heterocycles. The highest BCUT2D eigenvalue weighted by Crippen LogP contribution is 2.19. The molecule has 25 heavy (non-hydrogen) atoms. The van der Waals surface area contributed by atoms with Crippen LogP contribution in [0.1, 0.15) is 47.2 Å². The summed E-state index contributed by atoms with van der Waals surface area (Å²) >= 11 is 0. The van der Waals surface area contributed by atoms with E-state index in [1.165, 1.54) is 12.5 Å². The van der Waals surface area contributed by atoms with Gasteiger partial charge in [-0.25, -0.2) is 23.9 Å². The van der Waals surface area contributed by atoms with Gasteiger partial charge in [-0.1, -0.05) is 0 Å². The third kappa shape index (κ3) is 5.56. The average molecular weight is 355 g/mol. The standard InChI is InChI=1S/C16H25N3O6/c1-14(2,3)24-12(22)16(17,11(20)21)7-10-8-18-9-19(10)13(23)25-15(4,5)6/h8-9H,7,17H2,1-6H3,(H,20,21)/t16-/m0/s1. The number of esters is 1. The summed E-state index contributed by atoms with van der Waals surface area (Å²) in [6.45, 7) is 9.85. The Balaban J connectivity index is 3.13. The summed E-state index contributed by atoms with van der Waals surface area (Å²) in [7, 11) is 0. The molecular formula is C16H25N3O6. The lowest BCUT2D eigenvalue weighted by atomic mass is 9.94. The molecule has 0 spiro atoms. The number of imidazole rings is 1. The maximum atomic E-state index is 12.3. The molecule has 0 saturated heterocycles. The van der Waals surface area contributed by atoms with Crippen LogP contribution in [-0.2, 0) is 25.5 Å². The van der Waals surface area contributed by atoms with Crippen molar-refractivity contribution in [3.63, 3.8) is 0 Å². The zero-order valence-corrected chi connectivity index (χ0v) is 15.3. The van der Waals surface area contributed by atoms with Crippen LogP contribution < -0.4 is 5.73 Å². The first kappa shape index (κ1) is 20.6. The third-order valence-electron chi connectivity index (χ3n) is 2.91. The van der Waals surface area contributed by atoms with Crippen molar-refractivity contribution >= 4 is 18.0 Å². The lowest BCUT2D eigenvalue weighted by Crippen LogP contribution is -2.59. The highest BCUT2D eigenvalue weighted by molar-refractivity contribution is 6.04. The summed E-state index contributed by atoms with van der Waals surface area (Å²) in [6.07, 6.45) is 1.17. The predicted octanol–water partition coefficient (Wildman–Crippen LogP) is 1.33. The van der Waals surface area contributed by atoms with E-state index in [1.807, 2.05) is 0 Å². The Morgan fingerprint density at radius 1 is 1.12 bits per heavy atom. The Labute approximate surface area is 146 Å². The van der Waals surface area contributed by atoms with Crippen LogP contribution in [0, 0.1) is 0 Å². The molecule has 1 aromatic rings. The molecule has 0 fully saturated rings. The Bertz CT molecular complexity index is 668. The van der Waals surface area contributed by atoms with Crippen LogP contribution in [-0.4, -0.2) is 49.4 Å². The summed E-state index contributed by atoms with van der Waals surface area (Å²) in [5.41, 5.74) is 1.89. The van der Waals surface area contributed by atoms with Gasteiger partial charge in [0.05, 0.1) is 5.69 Å². The molecule has 1 rings (SSSR count). The minimum Gasteiger partial charge on any atom is -0.479 e. The van der Waals surface area contributed by atoms with E-state index in [2.05, 4.69) is 4.98 Å². The number of aromatic nitrogens is 2. The minimum absolute atomic E-state index is 0.116. The summed E-state index contributed by atoms with van der Waals surface area (Å²) in [5, 5.41) is 9.44. The van der Waals surface area contributed by atoms with E-state index in [0.717, 1.165) is 4.57 Å². The molecule has 9 heteroatoms. The zero-order chi connectivity index (χ0) is 19.6. The van der Waals surface area contributed by atoms with Crippen molar-refractivity contribution in [2.24, 2.45) is 5.73 Å². The molecule has 0 unspecified atom stereocenters. The van der Waals surface area contributed by atoms with Crippen LogP contribution in [0.15, 0.2) is 12.5 Å². The van der Waals surface area contributed by atoms with Crippen LogP contribution in [0.3, 0.4) is 0 Å². The summed E-state index contributed by atoms with van der Waals surface area (Å²) in [5.74, 6) is -2.68. The number of hydrogen-bond donors (Lipinski definition) is 2. The molecule has 140 valence electrons. The highest BCUT2D eigenvalue weighted by Gasteiger charge is 2.46. The van der Waals surface area contributed by atoms with Gasteiger partial charge in [0.25, 0.3) is 0 Å². The number of carbonyl (C=O) groups is 3. The molecule has 0 amide bonds. The van der Waals surface area contributed by atoms with Gasteiger partial charge in [0.2, 0.25) is 5.54 Å². The fourth-order valence-electron chi connectivity index (χ4n) is 1.82. The monoisotopic (exact) mass is 355 g/mol. The fourth-order valence-corrected chi connectivity index (χ4v) is 1.82. The highest BCUT2D eigenvalue weighted by atomic mass is 16.6. The van der Waals surface area contributed by atoms with Crippen molar-refractivity contribution in [3.05, 3.63) is 18.2 Å². The van der Waals surface area contributed by atoms with Gasteiger partial charge in [-0.15, -0.1) is 0 Å². The van der Waals surface area contributed by atoms with E-state index in [9.17, 15) is 19.5 Å². The number of rotatable bonds is 4. The van der Waals surface area contributed by atoms with E-state index in [-0.39, 0.29) is 5.69 Å². The van der Waals surface area contributed by atoms with Crippen LogP contribution in [0.25, 0.3) is 0 Å². The van der Waals surface area contributed by atoms with Crippen LogP contribution in [0.4, 0.5) is 4.79 Å². The molecule has 0 aliphatic heterocycles. The summed E-state index contributed by atoms with van der Waals surface area (Å²) < 4.78 is 11.3. The lowest BCUT2D eigenvalue weighted by molar-refractivity contribution is -0.169. The van der Waals surface area contributed by atoms with Gasteiger partial charge in [0.15, 0.2) is 0 Å². The molecule has 3 N–H and O–H groups in total. The number of ether oxygens (including phenoxy) is 2. The molecule has 9 nitrogen and oxygen atoms in total. The van der Waals surface area contributed by atoms with E-state index < -0.39 is 41.2 Å². The van der Waals surface area contributed by atoms with Gasteiger partial charge in [-0.05, 0) is 41.5 Å². The minimum atomic E-state index is -2.37. The first-order valence-electron chi connectivity index (χ1n) is 7.66. The second-order valence-electron chi connectivity index (χ2n) is 7.69. The quantitative estimate of drug-likeness (QED) is 0.610. The topological polar surface area (TPSA) is 134 Å². The Morgan fingerprint density at radius 3 is 2.08 bits per heavy atom. The molecule has 0 radical (unpaired) electrons. The number of hydrogen-bond acceptors (Lipinski definition) is 7. The first-order valence-corrected chi connectivity index (χ1v) is 7.66. The van der Waals surface area contributed by atoms with Gasteiger partial charge in [0, 0.05) is 12.6 Å². The molecular weight excluding hydrogens is 330 g/mol. The van der Waals surface area contributed by atoms with Gasteiger partial charge in [-0.3, -0.25) is 0 Å². The maximum absolute atomic E-state index is 12.3. The number of carbonyl (C=O) groups excluding carboxylic acids is 2. The molecule has 1 atom stereocenters. The van der Waals surface area contributed by atoms with Crippen molar-refractivity contribution in [3.8, 4) is 0 Å². The number of carboxylic acids is 1. The third-order valence-corrected chi connectivity index (χ3v) is 2.91. The van der Waals surface area contributed by atoms with Gasteiger partial charge < -0.3 is 20.3 Å². The van der Waals surface area contributed by atoms with Gasteiger partial charge in [-0.2, -0.15) is 0 Å². The Hall–Kier alpha value is -2.42. The van der Waals surface area contributed by atoms with Crippen LogP contribution in [0.5, 0.6) is 0 Å². The van der Waals surface area contributed by atoms with E-state index >= 15 is 0 Å². The molecule has 0 bridgehead atoms. The summed E-state index contributed by atoms with van der Waals surface area (Å²) in [6, 6.07) is 0. The molecule has 0 aromatic carbocycles. The lowest BCUT2D eigenvalue weighted by Gasteiger charge is -2.28. The normalized spacial score (nSPS) is 14.5. The second kappa shape index (κ2) is 6.83. The fraction of sp³-hybridized carbons (Fsp3) is 0.625. The molecule has 0 aliphatic carbocycles. The number of aliphatic carboxylic acids is 1. The average Bonchev–Trinajstić information content (AvgIpc) is 2.82. The maximum Gasteiger partial charge on any atom is 0.420 e. The van der Waals surface area contributed by atoms with Crippen LogP contribution >= 0.6 is 0 Å². The number of carboxylic acid groups (broad SMARTS) is 1. The molecule has 0 saturated carbocycles. The molecule has 0 aliphatic rings. The molecule has 1 aromatic heterocycles. The largest absolute Gasteiger partial charge is 0.479 e. The zero-order valence-electron chi connectivity index (χ0n) is 15.3. The van der Waals surface area contributed by atoms with Crippen molar-refractivity contribution in [1.29, 1.82) is 0 Å². The van der Waals surface area contributed by atoms with Crippen molar-refractivity contribution in [2.45, 2.75) is 64.7 Å². The Kier molecular flexibility index (Phi) is 5.63. The van der Waals surface area contributed by atoms with E-state index in [4.69, 9.17) is 15.2 Å². The van der Waals surface area contributed by atoms with Gasteiger partial charge in [0.1, 0.15) is 17.5 Å².